The fraction of sp³-hybridized carbons (Fsp3) is 1.00. The van der Waals surface area contributed by atoms with Crippen LogP contribution in [0, 0.1) is 5.92 Å². The lowest BCUT2D eigenvalue weighted by atomic mass is 9.94. The Hall–Kier alpha value is -0.120. The van der Waals surface area contributed by atoms with Crippen molar-refractivity contribution in [3.63, 3.8) is 0 Å². The van der Waals surface area contributed by atoms with Crippen LogP contribution < -0.4 is 5.32 Å². The highest BCUT2D eigenvalue weighted by atomic mass is 16.5. The second-order valence-electron chi connectivity index (χ2n) is 5.64. The Morgan fingerprint density at radius 3 is 2.88 bits per heavy atom. The van der Waals surface area contributed by atoms with Crippen LogP contribution in [-0.4, -0.2) is 50.3 Å². The molecule has 1 N–H and O–H groups in total. The van der Waals surface area contributed by atoms with E-state index in [9.17, 15) is 0 Å². The zero-order valence-corrected chi connectivity index (χ0v) is 10.7. The summed E-state index contributed by atoms with van der Waals surface area (Å²) in [6, 6.07) is 0.690. The molecular weight excluding hydrogens is 200 g/mol. The highest BCUT2D eigenvalue weighted by molar-refractivity contribution is 4.79. The summed E-state index contributed by atoms with van der Waals surface area (Å²) in [5.41, 5.74) is 0. The van der Waals surface area contributed by atoms with E-state index in [0.29, 0.717) is 12.1 Å². The standard InChI is InChI=1S/C13H26N2O/c1-11-5-6-14-12(8-11)9-15(2)10-13-4-3-7-16-13/h11-14H,3-10H2,1-2H3. The van der Waals surface area contributed by atoms with Crippen LogP contribution in [0.15, 0.2) is 0 Å². The first-order chi connectivity index (χ1) is 7.74. The molecule has 3 heteroatoms. The van der Waals surface area contributed by atoms with Crippen LogP contribution in [0.5, 0.6) is 0 Å². The van der Waals surface area contributed by atoms with Gasteiger partial charge in [0.2, 0.25) is 0 Å². The lowest BCUT2D eigenvalue weighted by Gasteiger charge is -2.32. The van der Waals surface area contributed by atoms with Crippen LogP contribution in [0.3, 0.4) is 0 Å². The van der Waals surface area contributed by atoms with Crippen molar-refractivity contribution in [1.82, 2.24) is 10.2 Å². The highest BCUT2D eigenvalue weighted by Gasteiger charge is 2.22. The molecule has 2 fully saturated rings. The van der Waals surface area contributed by atoms with Gasteiger partial charge in [-0.25, -0.2) is 0 Å². The van der Waals surface area contributed by atoms with Crippen LogP contribution in [0.2, 0.25) is 0 Å². The first kappa shape index (κ1) is 12.3. The van der Waals surface area contributed by atoms with Crippen LogP contribution in [0.1, 0.15) is 32.6 Å². The minimum absolute atomic E-state index is 0.492. The Bertz CT molecular complexity index is 204. The van der Waals surface area contributed by atoms with E-state index in [4.69, 9.17) is 4.74 Å². The van der Waals surface area contributed by atoms with Gasteiger partial charge in [0.05, 0.1) is 6.10 Å². The van der Waals surface area contributed by atoms with Gasteiger partial charge in [-0.15, -0.1) is 0 Å². The molecule has 3 nitrogen and oxygen atoms in total. The maximum Gasteiger partial charge on any atom is 0.0702 e. The lowest BCUT2D eigenvalue weighted by Crippen LogP contribution is -2.45. The van der Waals surface area contributed by atoms with Crippen LogP contribution in [0.4, 0.5) is 0 Å². The number of nitrogens with zero attached hydrogens (tertiary/aromatic N) is 1. The van der Waals surface area contributed by atoms with Crippen molar-refractivity contribution in [3.8, 4) is 0 Å². The number of nitrogens with one attached hydrogen (secondary N) is 1. The van der Waals surface area contributed by atoms with Gasteiger partial charge in [0.1, 0.15) is 0 Å². The van der Waals surface area contributed by atoms with Crippen molar-refractivity contribution >= 4 is 0 Å². The molecule has 0 radical (unpaired) electrons. The van der Waals surface area contributed by atoms with Gasteiger partial charge in [-0.05, 0) is 45.2 Å². The van der Waals surface area contributed by atoms with Crippen LogP contribution >= 0.6 is 0 Å². The van der Waals surface area contributed by atoms with Gasteiger partial charge in [-0.1, -0.05) is 6.92 Å². The highest BCUT2D eigenvalue weighted by Crippen LogP contribution is 2.17. The zero-order valence-electron chi connectivity index (χ0n) is 10.7. The lowest BCUT2D eigenvalue weighted by molar-refractivity contribution is 0.0763. The Labute approximate surface area is 99.5 Å². The summed E-state index contributed by atoms with van der Waals surface area (Å²) in [6.45, 7) is 6.81. The van der Waals surface area contributed by atoms with Crippen molar-refractivity contribution in [3.05, 3.63) is 0 Å². The van der Waals surface area contributed by atoms with Crippen molar-refractivity contribution in [1.29, 1.82) is 0 Å². The molecule has 2 rings (SSSR count). The van der Waals surface area contributed by atoms with E-state index < -0.39 is 0 Å². The molecule has 2 aliphatic rings. The third kappa shape index (κ3) is 3.72. The number of hydrogen-bond donors (Lipinski definition) is 1. The average Bonchev–Trinajstić information content (AvgIpc) is 2.70. The SMILES string of the molecule is CC1CCNC(CN(C)CC2CCCO2)C1. The van der Waals surface area contributed by atoms with E-state index in [2.05, 4.69) is 24.2 Å². The molecule has 2 saturated heterocycles. The molecule has 0 spiro atoms. The maximum atomic E-state index is 5.67. The number of likely N-dealkylation sites (N-methyl/N-ethyl adjacent to an activating group) is 1. The number of piperidine rings is 1. The molecule has 0 bridgehead atoms. The summed E-state index contributed by atoms with van der Waals surface area (Å²) in [5.74, 6) is 0.891. The second kappa shape index (κ2) is 5.99. The summed E-state index contributed by atoms with van der Waals surface area (Å²) in [5, 5.41) is 3.62. The Morgan fingerprint density at radius 2 is 2.19 bits per heavy atom. The van der Waals surface area contributed by atoms with Gasteiger partial charge in [-0.3, -0.25) is 0 Å². The van der Waals surface area contributed by atoms with E-state index in [1.54, 1.807) is 0 Å². The van der Waals surface area contributed by atoms with E-state index >= 15 is 0 Å². The quantitative estimate of drug-likeness (QED) is 0.786. The Kier molecular flexibility index (Phi) is 4.62. The molecule has 0 saturated carbocycles. The zero-order chi connectivity index (χ0) is 11.4. The predicted molar refractivity (Wildman–Crippen MR) is 66.7 cm³/mol. The molecule has 16 heavy (non-hydrogen) atoms. The second-order valence-corrected chi connectivity index (χ2v) is 5.64. The predicted octanol–water partition coefficient (Wildman–Crippen LogP) is 1.49. The molecule has 0 amide bonds. The monoisotopic (exact) mass is 226 g/mol. The Balaban J connectivity index is 1.67. The largest absolute Gasteiger partial charge is 0.377 e. The van der Waals surface area contributed by atoms with Crippen molar-refractivity contribution < 1.29 is 4.74 Å². The third-order valence-electron chi connectivity index (χ3n) is 3.83. The minimum atomic E-state index is 0.492. The van der Waals surface area contributed by atoms with E-state index in [0.717, 1.165) is 19.1 Å². The smallest absolute Gasteiger partial charge is 0.0702 e. The van der Waals surface area contributed by atoms with Crippen molar-refractivity contribution in [2.24, 2.45) is 5.92 Å². The molecule has 0 aromatic heterocycles. The van der Waals surface area contributed by atoms with Gasteiger partial charge >= 0.3 is 0 Å². The summed E-state index contributed by atoms with van der Waals surface area (Å²) < 4.78 is 5.67. The fourth-order valence-corrected chi connectivity index (χ4v) is 2.95. The first-order valence-corrected chi connectivity index (χ1v) is 6.77. The van der Waals surface area contributed by atoms with Crippen LogP contribution in [0.25, 0.3) is 0 Å². The first-order valence-electron chi connectivity index (χ1n) is 6.77. The molecule has 0 aliphatic carbocycles. The van der Waals surface area contributed by atoms with Gasteiger partial charge in [0, 0.05) is 25.7 Å². The summed E-state index contributed by atoms with van der Waals surface area (Å²) in [7, 11) is 2.22. The molecular formula is C13H26N2O. The summed E-state index contributed by atoms with van der Waals surface area (Å²) in [4.78, 5) is 2.44. The summed E-state index contributed by atoms with van der Waals surface area (Å²) in [6.07, 6.45) is 5.66. The average molecular weight is 226 g/mol. The molecule has 2 aliphatic heterocycles. The van der Waals surface area contributed by atoms with Crippen molar-refractivity contribution in [2.45, 2.75) is 44.8 Å². The van der Waals surface area contributed by atoms with Gasteiger partial charge < -0.3 is 15.0 Å². The number of ether oxygens (including phenoxy) is 1. The Morgan fingerprint density at radius 1 is 1.31 bits per heavy atom. The van der Waals surface area contributed by atoms with Gasteiger partial charge in [0.25, 0.3) is 0 Å². The van der Waals surface area contributed by atoms with Crippen LogP contribution in [-0.2, 0) is 4.74 Å². The maximum absolute atomic E-state index is 5.67. The molecule has 0 aromatic carbocycles. The van der Waals surface area contributed by atoms with Gasteiger partial charge in [0.15, 0.2) is 0 Å². The molecule has 3 atom stereocenters. The molecule has 0 aromatic rings. The third-order valence-corrected chi connectivity index (χ3v) is 3.83. The molecule has 2 heterocycles. The normalized spacial score (nSPS) is 35.8. The number of hydrogen-bond acceptors (Lipinski definition) is 3. The van der Waals surface area contributed by atoms with Gasteiger partial charge in [-0.2, -0.15) is 0 Å². The number of rotatable bonds is 4. The van der Waals surface area contributed by atoms with E-state index in [1.807, 2.05) is 0 Å². The minimum Gasteiger partial charge on any atom is -0.377 e. The molecule has 94 valence electrons. The van der Waals surface area contributed by atoms with Crippen molar-refractivity contribution in [2.75, 3.05) is 33.3 Å². The molecule has 3 unspecified atom stereocenters. The topological polar surface area (TPSA) is 24.5 Å². The van der Waals surface area contributed by atoms with E-state index in [1.165, 1.54) is 38.8 Å². The fourth-order valence-electron chi connectivity index (χ4n) is 2.95. The summed E-state index contributed by atoms with van der Waals surface area (Å²) >= 11 is 0. The van der Waals surface area contributed by atoms with E-state index in [-0.39, 0.29) is 0 Å².